The predicted molar refractivity (Wildman–Crippen MR) is 83.9 cm³/mol. The Hall–Kier alpha value is -0.160. The van der Waals surface area contributed by atoms with E-state index in [1.165, 1.54) is 25.9 Å². The van der Waals surface area contributed by atoms with Gasteiger partial charge < -0.3 is 20.3 Å². The molecule has 2 saturated heterocycles. The maximum absolute atomic E-state index is 6.47. The van der Waals surface area contributed by atoms with Gasteiger partial charge in [-0.1, -0.05) is 0 Å². The summed E-state index contributed by atoms with van der Waals surface area (Å²) in [4.78, 5) is 4.94. The molecule has 2 heterocycles. The van der Waals surface area contributed by atoms with Gasteiger partial charge in [-0.05, 0) is 67.7 Å². The maximum Gasteiger partial charge on any atom is 0.0788 e. The summed E-state index contributed by atoms with van der Waals surface area (Å²) in [6.45, 7) is 12.1. The van der Waals surface area contributed by atoms with Crippen molar-refractivity contribution < 1.29 is 4.74 Å². The number of nitrogens with two attached hydrogens (primary N) is 1. The van der Waals surface area contributed by atoms with Crippen LogP contribution in [-0.4, -0.2) is 66.8 Å². The number of hydrogen-bond donors (Lipinski definition) is 1. The average molecular weight is 283 g/mol. The Kier molecular flexibility index (Phi) is 4.51. The summed E-state index contributed by atoms with van der Waals surface area (Å²) in [5, 5.41) is 0. The van der Waals surface area contributed by atoms with Crippen molar-refractivity contribution in [2.24, 2.45) is 11.7 Å². The summed E-state index contributed by atoms with van der Waals surface area (Å²) < 4.78 is 6.20. The summed E-state index contributed by atoms with van der Waals surface area (Å²) >= 11 is 0. The van der Waals surface area contributed by atoms with Crippen molar-refractivity contribution in [2.45, 2.75) is 63.8 Å². The first-order valence-electron chi connectivity index (χ1n) is 7.98. The number of piperidine rings is 1. The second-order valence-electron chi connectivity index (χ2n) is 7.94. The fourth-order valence-electron chi connectivity index (χ4n) is 3.97. The van der Waals surface area contributed by atoms with Crippen molar-refractivity contribution in [2.75, 3.05) is 33.7 Å². The molecule has 2 unspecified atom stereocenters. The van der Waals surface area contributed by atoms with E-state index in [9.17, 15) is 0 Å². The molecule has 2 atom stereocenters. The molecular weight excluding hydrogens is 250 g/mol. The van der Waals surface area contributed by atoms with E-state index in [-0.39, 0.29) is 17.2 Å². The second-order valence-corrected chi connectivity index (χ2v) is 7.94. The average Bonchev–Trinajstić information content (AvgIpc) is 2.48. The van der Waals surface area contributed by atoms with Gasteiger partial charge in [-0.25, -0.2) is 0 Å². The topological polar surface area (TPSA) is 41.7 Å². The molecule has 2 N–H and O–H groups in total. The standard InChI is InChI=1S/C16H33N3O/c1-15(2)13(14(17)16(3,4)20-15)11-19-9-7-12(8-10-19)18(5)6/h12-14H,7-11,17H2,1-6H3. The van der Waals surface area contributed by atoms with Gasteiger partial charge in [0.25, 0.3) is 0 Å². The van der Waals surface area contributed by atoms with Crippen LogP contribution in [0.1, 0.15) is 40.5 Å². The van der Waals surface area contributed by atoms with Crippen LogP contribution in [-0.2, 0) is 4.74 Å². The van der Waals surface area contributed by atoms with Crippen molar-refractivity contribution in [3.8, 4) is 0 Å². The molecule has 2 aliphatic heterocycles. The zero-order chi connectivity index (χ0) is 15.1. The molecule has 0 aromatic carbocycles. The third kappa shape index (κ3) is 3.19. The minimum absolute atomic E-state index is 0.115. The number of nitrogens with zero attached hydrogens (tertiary/aromatic N) is 2. The van der Waals surface area contributed by atoms with Gasteiger partial charge in [0.05, 0.1) is 11.2 Å². The first-order chi connectivity index (χ1) is 9.13. The first-order valence-corrected chi connectivity index (χ1v) is 7.98. The molecule has 4 heteroatoms. The third-order valence-electron chi connectivity index (χ3n) is 5.40. The fourth-order valence-corrected chi connectivity index (χ4v) is 3.97. The lowest BCUT2D eigenvalue weighted by Gasteiger charge is -2.39. The van der Waals surface area contributed by atoms with Crippen molar-refractivity contribution in [3.05, 3.63) is 0 Å². The summed E-state index contributed by atoms with van der Waals surface area (Å²) in [6, 6.07) is 0.855. The minimum atomic E-state index is -0.212. The molecule has 4 nitrogen and oxygen atoms in total. The Morgan fingerprint density at radius 1 is 1.10 bits per heavy atom. The van der Waals surface area contributed by atoms with E-state index in [4.69, 9.17) is 10.5 Å². The molecule has 0 saturated carbocycles. The van der Waals surface area contributed by atoms with Gasteiger partial charge >= 0.3 is 0 Å². The Morgan fingerprint density at radius 2 is 1.65 bits per heavy atom. The molecule has 0 amide bonds. The highest BCUT2D eigenvalue weighted by Crippen LogP contribution is 2.41. The van der Waals surface area contributed by atoms with Crippen LogP contribution in [0.25, 0.3) is 0 Å². The molecular formula is C16H33N3O. The van der Waals surface area contributed by atoms with Crippen LogP contribution >= 0.6 is 0 Å². The first kappa shape index (κ1) is 16.2. The van der Waals surface area contributed by atoms with E-state index in [2.05, 4.69) is 51.6 Å². The van der Waals surface area contributed by atoms with Crippen molar-refractivity contribution >= 4 is 0 Å². The van der Waals surface area contributed by atoms with Gasteiger partial charge in [-0.2, -0.15) is 0 Å². The summed E-state index contributed by atoms with van der Waals surface area (Å²) in [5.41, 5.74) is 6.13. The second kappa shape index (κ2) is 5.56. The van der Waals surface area contributed by atoms with Crippen LogP contribution in [0.2, 0.25) is 0 Å². The predicted octanol–water partition coefficient (Wildman–Crippen LogP) is 1.54. The van der Waals surface area contributed by atoms with Gasteiger partial charge in [0.1, 0.15) is 0 Å². The molecule has 2 rings (SSSR count). The molecule has 118 valence electrons. The van der Waals surface area contributed by atoms with E-state index in [0.717, 1.165) is 12.6 Å². The Balaban J connectivity index is 1.94. The lowest BCUT2D eigenvalue weighted by Crippen LogP contribution is -2.50. The highest BCUT2D eigenvalue weighted by molar-refractivity contribution is 5.04. The third-order valence-corrected chi connectivity index (χ3v) is 5.40. The van der Waals surface area contributed by atoms with Crippen LogP contribution in [0.3, 0.4) is 0 Å². The Morgan fingerprint density at radius 3 is 2.05 bits per heavy atom. The lowest BCUT2D eigenvalue weighted by atomic mass is 9.82. The molecule has 0 aliphatic carbocycles. The van der Waals surface area contributed by atoms with Gasteiger partial charge in [0, 0.05) is 24.5 Å². The van der Waals surface area contributed by atoms with Gasteiger partial charge in [0.2, 0.25) is 0 Å². The molecule has 0 aromatic heterocycles. The fraction of sp³-hybridized carbons (Fsp3) is 1.00. The van der Waals surface area contributed by atoms with Gasteiger partial charge in [-0.15, -0.1) is 0 Å². The smallest absolute Gasteiger partial charge is 0.0788 e. The van der Waals surface area contributed by atoms with E-state index in [1.54, 1.807) is 0 Å². The van der Waals surface area contributed by atoms with Gasteiger partial charge in [-0.3, -0.25) is 0 Å². The number of hydrogen-bond acceptors (Lipinski definition) is 4. The van der Waals surface area contributed by atoms with Gasteiger partial charge in [0.15, 0.2) is 0 Å². The zero-order valence-corrected chi connectivity index (χ0v) is 14.1. The van der Waals surface area contributed by atoms with Crippen LogP contribution in [0.4, 0.5) is 0 Å². The largest absolute Gasteiger partial charge is 0.368 e. The highest BCUT2D eigenvalue weighted by atomic mass is 16.5. The van der Waals surface area contributed by atoms with Crippen molar-refractivity contribution in [1.29, 1.82) is 0 Å². The van der Waals surface area contributed by atoms with E-state index in [1.807, 2.05) is 0 Å². The lowest BCUT2D eigenvalue weighted by molar-refractivity contribution is -0.0789. The normalized spacial score (nSPS) is 34.8. The molecule has 0 bridgehead atoms. The SMILES string of the molecule is CN(C)C1CCN(CC2C(N)C(C)(C)OC2(C)C)CC1. The molecule has 20 heavy (non-hydrogen) atoms. The van der Waals surface area contributed by atoms with Crippen LogP contribution in [0.15, 0.2) is 0 Å². The van der Waals surface area contributed by atoms with E-state index >= 15 is 0 Å². The van der Waals surface area contributed by atoms with Crippen LogP contribution < -0.4 is 5.73 Å². The van der Waals surface area contributed by atoms with Crippen molar-refractivity contribution in [3.63, 3.8) is 0 Å². The molecule has 0 aromatic rings. The molecule has 2 aliphatic rings. The maximum atomic E-state index is 6.47. The van der Waals surface area contributed by atoms with Crippen LogP contribution in [0, 0.1) is 5.92 Å². The Labute approximate surface area is 124 Å². The molecule has 2 fully saturated rings. The van der Waals surface area contributed by atoms with Crippen molar-refractivity contribution in [1.82, 2.24) is 9.80 Å². The van der Waals surface area contributed by atoms with E-state index in [0.29, 0.717) is 5.92 Å². The van der Waals surface area contributed by atoms with Crippen LogP contribution in [0.5, 0.6) is 0 Å². The molecule has 0 radical (unpaired) electrons. The molecule has 0 spiro atoms. The minimum Gasteiger partial charge on any atom is -0.368 e. The number of likely N-dealkylation sites (tertiary alicyclic amines) is 1. The quantitative estimate of drug-likeness (QED) is 0.853. The number of ether oxygens (including phenoxy) is 1. The monoisotopic (exact) mass is 283 g/mol. The summed E-state index contributed by atoms with van der Waals surface area (Å²) in [6.07, 6.45) is 2.53. The highest BCUT2D eigenvalue weighted by Gasteiger charge is 2.52. The summed E-state index contributed by atoms with van der Waals surface area (Å²) in [5.74, 6) is 0.411. The van der Waals surface area contributed by atoms with E-state index < -0.39 is 0 Å². The summed E-state index contributed by atoms with van der Waals surface area (Å²) in [7, 11) is 4.37. The zero-order valence-electron chi connectivity index (χ0n) is 14.1. The number of rotatable bonds is 3. The Bertz CT molecular complexity index is 333.